The topological polar surface area (TPSA) is 131 Å². The fourth-order valence-corrected chi connectivity index (χ4v) is 2.79. The third-order valence-corrected chi connectivity index (χ3v) is 4.06. The van der Waals surface area contributed by atoms with Crippen LogP contribution < -0.4 is 15.8 Å². The molecule has 9 heteroatoms. The van der Waals surface area contributed by atoms with Crippen LogP contribution in [0.3, 0.4) is 0 Å². The van der Waals surface area contributed by atoms with E-state index in [0.29, 0.717) is 0 Å². The lowest BCUT2D eigenvalue weighted by molar-refractivity contribution is -0.134. The van der Waals surface area contributed by atoms with Crippen LogP contribution in [0, 0.1) is 0 Å². The van der Waals surface area contributed by atoms with Crippen LogP contribution >= 0.6 is 0 Å². The third kappa shape index (κ3) is 3.06. The number of rotatable bonds is 3. The van der Waals surface area contributed by atoms with Crippen LogP contribution in [0.2, 0.25) is 0 Å². The zero-order valence-electron chi connectivity index (χ0n) is 9.79. The second-order valence-corrected chi connectivity index (χ2v) is 5.76. The smallest absolute Gasteiger partial charge is 0.244 e. The Balaban J connectivity index is 2.15. The number of hydrogen-bond acceptors (Lipinski definition) is 6. The van der Waals surface area contributed by atoms with Crippen LogP contribution in [0.1, 0.15) is 12.8 Å². The van der Waals surface area contributed by atoms with Gasteiger partial charge in [-0.05, 0) is 18.6 Å². The van der Waals surface area contributed by atoms with Gasteiger partial charge in [0.25, 0.3) is 0 Å². The number of anilines is 1. The van der Waals surface area contributed by atoms with E-state index >= 15 is 0 Å². The molecule has 0 radical (unpaired) electrons. The van der Waals surface area contributed by atoms with Crippen molar-refractivity contribution in [2.45, 2.75) is 23.8 Å². The minimum absolute atomic E-state index is 0.0913. The van der Waals surface area contributed by atoms with E-state index in [-0.39, 0.29) is 23.6 Å². The number of piperidine rings is 1. The quantitative estimate of drug-likeness (QED) is 0.594. The number of pyridine rings is 1. The van der Waals surface area contributed by atoms with Crippen LogP contribution in [-0.2, 0) is 19.6 Å². The van der Waals surface area contributed by atoms with Gasteiger partial charge in [0, 0.05) is 12.6 Å². The van der Waals surface area contributed by atoms with Gasteiger partial charge in [0.05, 0.1) is 0 Å². The van der Waals surface area contributed by atoms with Crippen molar-refractivity contribution in [2.75, 3.05) is 5.73 Å². The molecule has 1 aliphatic heterocycles. The zero-order valence-corrected chi connectivity index (χ0v) is 10.6. The predicted octanol–water partition coefficient (Wildman–Crippen LogP) is -1.25. The lowest BCUT2D eigenvalue weighted by Crippen LogP contribution is -2.52. The molecule has 8 nitrogen and oxygen atoms in total. The van der Waals surface area contributed by atoms with Gasteiger partial charge in [-0.15, -0.1) is 0 Å². The number of aromatic nitrogens is 1. The Morgan fingerprint density at radius 1 is 1.37 bits per heavy atom. The molecule has 0 saturated carbocycles. The molecule has 102 valence electrons. The van der Waals surface area contributed by atoms with Gasteiger partial charge in [0.1, 0.15) is 16.8 Å². The van der Waals surface area contributed by atoms with E-state index in [4.69, 9.17) is 5.73 Å². The summed E-state index contributed by atoms with van der Waals surface area (Å²) < 4.78 is 26.2. The summed E-state index contributed by atoms with van der Waals surface area (Å²) in [7, 11) is -3.87. The van der Waals surface area contributed by atoms with Gasteiger partial charge in [0.2, 0.25) is 21.8 Å². The first-order chi connectivity index (χ1) is 8.88. The van der Waals surface area contributed by atoms with Crippen molar-refractivity contribution in [2.24, 2.45) is 0 Å². The van der Waals surface area contributed by atoms with Crippen molar-refractivity contribution in [3.8, 4) is 0 Å². The molecule has 1 fully saturated rings. The Morgan fingerprint density at radius 3 is 2.68 bits per heavy atom. The number of carbonyl (C=O) groups excluding carboxylic acids is 2. The maximum absolute atomic E-state index is 12.0. The van der Waals surface area contributed by atoms with Crippen molar-refractivity contribution in [3.63, 3.8) is 0 Å². The van der Waals surface area contributed by atoms with E-state index in [0.717, 1.165) is 6.20 Å². The molecule has 1 saturated heterocycles. The van der Waals surface area contributed by atoms with E-state index in [1.807, 2.05) is 0 Å². The molecule has 1 unspecified atom stereocenters. The lowest BCUT2D eigenvalue weighted by atomic mass is 10.1. The highest BCUT2D eigenvalue weighted by Crippen LogP contribution is 2.12. The number of hydrogen-bond donors (Lipinski definition) is 3. The van der Waals surface area contributed by atoms with Crippen molar-refractivity contribution in [1.29, 1.82) is 0 Å². The second-order valence-electron chi connectivity index (χ2n) is 4.04. The fraction of sp³-hybridized carbons (Fsp3) is 0.300. The van der Waals surface area contributed by atoms with Crippen molar-refractivity contribution >= 4 is 27.7 Å². The molecule has 0 aromatic carbocycles. The number of nitrogen functional groups attached to an aromatic ring is 1. The minimum atomic E-state index is -3.87. The maximum atomic E-state index is 12.0. The number of amides is 2. The van der Waals surface area contributed by atoms with Crippen molar-refractivity contribution in [1.82, 2.24) is 15.0 Å². The molecular weight excluding hydrogens is 272 g/mol. The molecule has 1 atom stereocenters. The van der Waals surface area contributed by atoms with E-state index in [2.05, 4.69) is 15.0 Å². The normalized spacial score (nSPS) is 20.1. The lowest BCUT2D eigenvalue weighted by Gasteiger charge is -2.21. The highest BCUT2D eigenvalue weighted by molar-refractivity contribution is 7.89. The van der Waals surface area contributed by atoms with Crippen LogP contribution in [0.5, 0.6) is 0 Å². The van der Waals surface area contributed by atoms with Crippen LogP contribution in [0.25, 0.3) is 0 Å². The molecular formula is C10H12N4O4S. The Morgan fingerprint density at radius 2 is 2.11 bits per heavy atom. The van der Waals surface area contributed by atoms with E-state index in [1.165, 1.54) is 12.1 Å². The molecule has 2 amide bonds. The molecule has 19 heavy (non-hydrogen) atoms. The highest BCUT2D eigenvalue weighted by atomic mass is 32.2. The third-order valence-electron chi connectivity index (χ3n) is 2.61. The van der Waals surface area contributed by atoms with Gasteiger partial charge >= 0.3 is 0 Å². The summed E-state index contributed by atoms with van der Waals surface area (Å²) in [4.78, 5) is 26.0. The Bertz CT molecular complexity index is 611. The first-order valence-electron chi connectivity index (χ1n) is 5.46. The second kappa shape index (κ2) is 4.94. The summed E-state index contributed by atoms with van der Waals surface area (Å²) in [6.45, 7) is 0. The molecule has 1 aromatic heterocycles. The number of carbonyl (C=O) groups is 2. The van der Waals surface area contributed by atoms with E-state index in [1.54, 1.807) is 0 Å². The SMILES string of the molecule is Nc1ccc(S(=O)(=O)NC2CCC(=O)NC2=O)cn1. The average molecular weight is 284 g/mol. The Kier molecular flexibility index (Phi) is 3.49. The standard InChI is InChI=1S/C10H12N4O4S/c11-8-3-1-6(5-12-8)19(17,18)14-7-2-4-9(15)13-10(7)16/h1,3,5,7,14H,2,4H2,(H2,11,12)(H,13,15,16). The largest absolute Gasteiger partial charge is 0.384 e. The summed E-state index contributed by atoms with van der Waals surface area (Å²) >= 11 is 0. The first-order valence-corrected chi connectivity index (χ1v) is 6.94. The van der Waals surface area contributed by atoms with Crippen molar-refractivity contribution in [3.05, 3.63) is 18.3 Å². The van der Waals surface area contributed by atoms with Gasteiger partial charge in [-0.25, -0.2) is 13.4 Å². The molecule has 0 spiro atoms. The first kappa shape index (κ1) is 13.4. The molecule has 4 N–H and O–H groups in total. The molecule has 2 rings (SSSR count). The molecule has 0 bridgehead atoms. The predicted molar refractivity (Wildman–Crippen MR) is 65.1 cm³/mol. The van der Waals surface area contributed by atoms with Crippen molar-refractivity contribution < 1.29 is 18.0 Å². The van der Waals surface area contributed by atoms with Gasteiger partial charge < -0.3 is 5.73 Å². The Labute approximate surface area is 109 Å². The van der Waals surface area contributed by atoms with Crippen LogP contribution in [0.4, 0.5) is 5.82 Å². The molecule has 1 aliphatic rings. The average Bonchev–Trinajstić information content (AvgIpc) is 2.33. The summed E-state index contributed by atoms with van der Waals surface area (Å²) in [6.07, 6.45) is 1.33. The molecule has 2 heterocycles. The van der Waals surface area contributed by atoms with Gasteiger partial charge in [-0.3, -0.25) is 14.9 Å². The van der Waals surface area contributed by atoms with Gasteiger partial charge in [0.15, 0.2) is 0 Å². The number of nitrogens with two attached hydrogens (primary N) is 1. The monoisotopic (exact) mass is 284 g/mol. The molecule has 0 aliphatic carbocycles. The van der Waals surface area contributed by atoms with E-state index in [9.17, 15) is 18.0 Å². The summed E-state index contributed by atoms with van der Waals surface area (Å²) in [5, 5.41) is 2.07. The van der Waals surface area contributed by atoms with Crippen LogP contribution in [0.15, 0.2) is 23.2 Å². The number of imide groups is 1. The highest BCUT2D eigenvalue weighted by Gasteiger charge is 2.30. The molecule has 1 aromatic rings. The van der Waals surface area contributed by atoms with Crippen LogP contribution in [-0.4, -0.2) is 31.3 Å². The van der Waals surface area contributed by atoms with Gasteiger partial charge in [-0.1, -0.05) is 0 Å². The number of nitrogens with zero attached hydrogens (tertiary/aromatic N) is 1. The fourth-order valence-electron chi connectivity index (χ4n) is 1.61. The summed E-state index contributed by atoms with van der Waals surface area (Å²) in [5.74, 6) is -0.863. The maximum Gasteiger partial charge on any atom is 0.244 e. The number of sulfonamides is 1. The van der Waals surface area contributed by atoms with E-state index < -0.39 is 27.9 Å². The summed E-state index contributed by atoms with van der Waals surface area (Å²) in [6, 6.07) is 1.68. The number of nitrogens with one attached hydrogen (secondary N) is 2. The Hall–Kier alpha value is -2.00. The minimum Gasteiger partial charge on any atom is -0.384 e. The zero-order chi connectivity index (χ0) is 14.0. The van der Waals surface area contributed by atoms with Gasteiger partial charge in [-0.2, -0.15) is 4.72 Å². The summed E-state index contributed by atoms with van der Waals surface area (Å²) in [5.41, 5.74) is 5.36.